The van der Waals surface area contributed by atoms with Gasteiger partial charge in [-0.25, -0.2) is 0 Å². The smallest absolute Gasteiger partial charge is 0.161 e. The fourth-order valence-corrected chi connectivity index (χ4v) is 3.93. The zero-order valence-electron chi connectivity index (χ0n) is 15.7. The third-order valence-electron chi connectivity index (χ3n) is 5.54. The Kier molecular flexibility index (Phi) is 5.11. The first-order chi connectivity index (χ1) is 12.8. The van der Waals surface area contributed by atoms with Crippen LogP contribution in [0.5, 0.6) is 11.5 Å². The highest BCUT2D eigenvalue weighted by Crippen LogP contribution is 2.35. The van der Waals surface area contributed by atoms with Crippen LogP contribution in [-0.2, 0) is 13.1 Å². The number of likely N-dealkylation sites (tertiary alicyclic amines) is 1. The van der Waals surface area contributed by atoms with Crippen molar-refractivity contribution in [2.75, 3.05) is 20.8 Å². The van der Waals surface area contributed by atoms with E-state index in [2.05, 4.69) is 31.8 Å². The van der Waals surface area contributed by atoms with Crippen LogP contribution in [-0.4, -0.2) is 40.4 Å². The number of rotatable bonds is 7. The molecule has 0 amide bonds. The molecule has 6 heteroatoms. The Bertz CT molecular complexity index is 741. The summed E-state index contributed by atoms with van der Waals surface area (Å²) in [6.45, 7) is 3.06. The van der Waals surface area contributed by atoms with E-state index in [0.717, 1.165) is 49.3 Å². The first kappa shape index (κ1) is 17.3. The van der Waals surface area contributed by atoms with Gasteiger partial charge in [0.25, 0.3) is 0 Å². The topological polar surface area (TPSA) is 52.4 Å². The number of methoxy groups -OCH3 is 2. The molecule has 2 aromatic rings. The molecule has 1 atom stereocenters. The van der Waals surface area contributed by atoms with E-state index in [-0.39, 0.29) is 0 Å². The summed E-state index contributed by atoms with van der Waals surface area (Å²) in [4.78, 5) is 2.54. The lowest BCUT2D eigenvalue weighted by Gasteiger charge is -2.35. The van der Waals surface area contributed by atoms with Crippen LogP contribution in [0.4, 0.5) is 0 Å². The summed E-state index contributed by atoms with van der Waals surface area (Å²) >= 11 is 0. The van der Waals surface area contributed by atoms with Crippen LogP contribution in [0, 0.1) is 5.92 Å². The quantitative estimate of drug-likeness (QED) is 0.761. The SMILES string of the molecule is COc1ccc(CN2CCCC[C@H]2c2nncn2CC2CC2)cc1OC. The minimum Gasteiger partial charge on any atom is -0.493 e. The van der Waals surface area contributed by atoms with Gasteiger partial charge in [0.1, 0.15) is 12.2 Å². The molecule has 1 aromatic heterocycles. The van der Waals surface area contributed by atoms with Crippen LogP contribution in [0.1, 0.15) is 49.5 Å². The Hall–Kier alpha value is -2.08. The lowest BCUT2D eigenvalue weighted by atomic mass is 10.00. The average Bonchev–Trinajstić information content (AvgIpc) is 3.38. The van der Waals surface area contributed by atoms with Crippen LogP contribution in [0.25, 0.3) is 0 Å². The van der Waals surface area contributed by atoms with Crippen molar-refractivity contribution in [2.24, 2.45) is 5.92 Å². The summed E-state index contributed by atoms with van der Waals surface area (Å²) < 4.78 is 13.1. The molecule has 0 N–H and O–H groups in total. The molecule has 1 aliphatic heterocycles. The van der Waals surface area contributed by atoms with E-state index in [0.29, 0.717) is 6.04 Å². The van der Waals surface area contributed by atoms with E-state index in [1.54, 1.807) is 14.2 Å². The van der Waals surface area contributed by atoms with Gasteiger partial charge in [0.2, 0.25) is 0 Å². The van der Waals surface area contributed by atoms with E-state index in [4.69, 9.17) is 9.47 Å². The number of ether oxygens (including phenoxy) is 2. The highest BCUT2D eigenvalue weighted by molar-refractivity contribution is 5.42. The van der Waals surface area contributed by atoms with Gasteiger partial charge in [0.15, 0.2) is 11.5 Å². The highest BCUT2D eigenvalue weighted by atomic mass is 16.5. The zero-order valence-corrected chi connectivity index (χ0v) is 15.7. The van der Waals surface area contributed by atoms with Gasteiger partial charge in [-0.05, 0) is 55.8 Å². The summed E-state index contributed by atoms with van der Waals surface area (Å²) in [6.07, 6.45) is 8.24. The maximum Gasteiger partial charge on any atom is 0.161 e. The molecule has 140 valence electrons. The maximum absolute atomic E-state index is 5.46. The molecule has 26 heavy (non-hydrogen) atoms. The molecule has 6 nitrogen and oxygen atoms in total. The van der Waals surface area contributed by atoms with E-state index < -0.39 is 0 Å². The van der Waals surface area contributed by atoms with Crippen LogP contribution < -0.4 is 9.47 Å². The van der Waals surface area contributed by atoms with E-state index in [1.807, 2.05) is 12.4 Å². The Morgan fingerprint density at radius 1 is 1.08 bits per heavy atom. The normalized spacial score (nSPS) is 20.9. The van der Waals surface area contributed by atoms with Crippen molar-refractivity contribution in [3.05, 3.63) is 35.9 Å². The van der Waals surface area contributed by atoms with Gasteiger partial charge in [-0.3, -0.25) is 4.90 Å². The molecule has 0 bridgehead atoms. The molecule has 1 saturated carbocycles. The Morgan fingerprint density at radius 3 is 2.69 bits per heavy atom. The molecule has 1 aliphatic carbocycles. The van der Waals surface area contributed by atoms with Gasteiger partial charge in [-0.2, -0.15) is 0 Å². The van der Waals surface area contributed by atoms with Crippen molar-refractivity contribution in [3.63, 3.8) is 0 Å². The second kappa shape index (κ2) is 7.66. The summed E-state index contributed by atoms with van der Waals surface area (Å²) in [7, 11) is 3.36. The summed E-state index contributed by atoms with van der Waals surface area (Å²) in [6, 6.07) is 6.54. The van der Waals surface area contributed by atoms with Crippen molar-refractivity contribution < 1.29 is 9.47 Å². The van der Waals surface area contributed by atoms with E-state index in [1.165, 1.54) is 31.2 Å². The molecule has 2 fully saturated rings. The number of nitrogens with zero attached hydrogens (tertiary/aromatic N) is 4. The monoisotopic (exact) mass is 356 g/mol. The molecule has 2 aliphatic rings. The third-order valence-corrected chi connectivity index (χ3v) is 5.54. The summed E-state index contributed by atoms with van der Waals surface area (Å²) in [5.74, 6) is 3.52. The van der Waals surface area contributed by atoms with Gasteiger partial charge in [0, 0.05) is 13.1 Å². The van der Waals surface area contributed by atoms with Gasteiger partial charge in [-0.15, -0.1) is 10.2 Å². The lowest BCUT2D eigenvalue weighted by molar-refractivity contribution is 0.130. The number of hydrogen-bond donors (Lipinski definition) is 0. The second-order valence-corrected chi connectivity index (χ2v) is 7.46. The largest absolute Gasteiger partial charge is 0.493 e. The third kappa shape index (κ3) is 3.70. The van der Waals surface area contributed by atoms with Gasteiger partial charge in [0.05, 0.1) is 20.3 Å². The minimum absolute atomic E-state index is 0.345. The average molecular weight is 356 g/mol. The molecular formula is C20H28N4O2. The van der Waals surface area contributed by atoms with Crippen molar-refractivity contribution in [2.45, 2.75) is 51.2 Å². The van der Waals surface area contributed by atoms with E-state index in [9.17, 15) is 0 Å². The Labute approximate surface area is 155 Å². The Balaban J connectivity index is 1.53. The molecule has 1 saturated heterocycles. The van der Waals surface area contributed by atoms with E-state index >= 15 is 0 Å². The standard InChI is InChI=1S/C20H28N4O2/c1-25-18-9-8-16(11-19(18)26-2)13-23-10-4-3-5-17(23)20-22-21-14-24(20)12-15-6-7-15/h8-9,11,14-15,17H,3-7,10,12-13H2,1-2H3/t17-/m0/s1. The first-order valence-electron chi connectivity index (χ1n) is 9.61. The number of hydrogen-bond acceptors (Lipinski definition) is 5. The predicted molar refractivity (Wildman–Crippen MR) is 99.3 cm³/mol. The molecule has 4 rings (SSSR count). The number of piperidine rings is 1. The highest BCUT2D eigenvalue weighted by Gasteiger charge is 2.30. The minimum atomic E-state index is 0.345. The first-order valence-corrected chi connectivity index (χ1v) is 9.61. The summed E-state index contributed by atoms with van der Waals surface area (Å²) in [5, 5.41) is 8.72. The van der Waals surface area contributed by atoms with Crippen molar-refractivity contribution >= 4 is 0 Å². The molecule has 2 heterocycles. The van der Waals surface area contributed by atoms with Gasteiger partial charge >= 0.3 is 0 Å². The van der Waals surface area contributed by atoms with Crippen LogP contribution >= 0.6 is 0 Å². The molecule has 0 spiro atoms. The fourth-order valence-electron chi connectivity index (χ4n) is 3.93. The lowest BCUT2D eigenvalue weighted by Crippen LogP contribution is -2.34. The molecular weight excluding hydrogens is 328 g/mol. The summed E-state index contributed by atoms with van der Waals surface area (Å²) in [5.41, 5.74) is 1.24. The van der Waals surface area contributed by atoms with Crippen LogP contribution in [0.15, 0.2) is 24.5 Å². The van der Waals surface area contributed by atoms with Crippen molar-refractivity contribution in [1.82, 2.24) is 19.7 Å². The van der Waals surface area contributed by atoms with Crippen LogP contribution in [0.3, 0.4) is 0 Å². The van der Waals surface area contributed by atoms with Crippen LogP contribution in [0.2, 0.25) is 0 Å². The van der Waals surface area contributed by atoms with Crippen molar-refractivity contribution in [3.8, 4) is 11.5 Å². The van der Waals surface area contributed by atoms with Crippen molar-refractivity contribution in [1.29, 1.82) is 0 Å². The predicted octanol–water partition coefficient (Wildman–Crippen LogP) is 3.43. The Morgan fingerprint density at radius 2 is 1.92 bits per heavy atom. The molecule has 0 radical (unpaired) electrons. The second-order valence-electron chi connectivity index (χ2n) is 7.46. The van der Waals surface area contributed by atoms with Gasteiger partial charge in [-0.1, -0.05) is 12.5 Å². The number of aromatic nitrogens is 3. The fraction of sp³-hybridized carbons (Fsp3) is 0.600. The molecule has 1 aromatic carbocycles. The maximum atomic E-state index is 5.46. The zero-order chi connectivity index (χ0) is 17.9. The number of benzene rings is 1. The molecule has 0 unspecified atom stereocenters. The van der Waals surface area contributed by atoms with Gasteiger partial charge < -0.3 is 14.0 Å².